The van der Waals surface area contributed by atoms with Gasteiger partial charge in [-0.15, -0.1) is 0 Å². The van der Waals surface area contributed by atoms with Gasteiger partial charge in [0.1, 0.15) is 0 Å². The van der Waals surface area contributed by atoms with Crippen LogP contribution in [-0.4, -0.2) is 16.7 Å². The predicted octanol–water partition coefficient (Wildman–Crippen LogP) is 3.21. The zero-order chi connectivity index (χ0) is 12.3. The molecule has 2 aromatic rings. The van der Waals surface area contributed by atoms with Gasteiger partial charge in [0, 0.05) is 23.7 Å². The van der Waals surface area contributed by atoms with Crippen molar-refractivity contribution in [3.05, 3.63) is 47.2 Å². The lowest BCUT2D eigenvalue weighted by Gasteiger charge is -2.03. The highest BCUT2D eigenvalue weighted by molar-refractivity contribution is 5.86. The fourth-order valence-corrected chi connectivity index (χ4v) is 2.14. The summed E-state index contributed by atoms with van der Waals surface area (Å²) >= 11 is 0. The van der Waals surface area contributed by atoms with E-state index in [1.807, 2.05) is 6.20 Å². The number of aliphatic hydroxyl groups excluding tert-OH is 1. The van der Waals surface area contributed by atoms with Gasteiger partial charge in [-0.2, -0.15) is 0 Å². The molecule has 0 aliphatic heterocycles. The van der Waals surface area contributed by atoms with E-state index in [9.17, 15) is 0 Å². The highest BCUT2D eigenvalue weighted by Gasteiger charge is 2.07. The lowest BCUT2D eigenvalue weighted by molar-refractivity contribution is 0.300. The molecule has 0 saturated carbocycles. The van der Waals surface area contributed by atoms with Crippen LogP contribution >= 0.6 is 0 Å². The van der Waals surface area contributed by atoms with Gasteiger partial charge in [0.15, 0.2) is 0 Å². The van der Waals surface area contributed by atoms with Gasteiger partial charge < -0.3 is 10.1 Å². The minimum absolute atomic E-state index is 0.198. The Bertz CT molecular complexity index is 533. The third kappa shape index (κ3) is 2.59. The molecule has 0 aliphatic rings. The summed E-state index contributed by atoms with van der Waals surface area (Å²) in [5.41, 5.74) is 5.03. The van der Waals surface area contributed by atoms with Crippen molar-refractivity contribution >= 4 is 10.9 Å². The molecule has 0 bridgehead atoms. The summed E-state index contributed by atoms with van der Waals surface area (Å²) in [5, 5.41) is 10.4. The van der Waals surface area contributed by atoms with Crippen LogP contribution in [0.5, 0.6) is 0 Å². The quantitative estimate of drug-likeness (QED) is 0.776. The van der Waals surface area contributed by atoms with Gasteiger partial charge in [-0.25, -0.2) is 0 Å². The fourth-order valence-electron chi connectivity index (χ4n) is 2.14. The molecule has 17 heavy (non-hydrogen) atoms. The van der Waals surface area contributed by atoms with Crippen LogP contribution in [0, 0.1) is 0 Å². The van der Waals surface area contributed by atoms with E-state index in [1.54, 1.807) is 0 Å². The number of H-pyrrole nitrogens is 1. The molecule has 0 fully saturated rings. The van der Waals surface area contributed by atoms with Crippen LogP contribution in [0.4, 0.5) is 0 Å². The van der Waals surface area contributed by atoms with Crippen molar-refractivity contribution in [2.45, 2.75) is 26.7 Å². The van der Waals surface area contributed by atoms with Crippen LogP contribution in [0.25, 0.3) is 10.9 Å². The van der Waals surface area contributed by atoms with Crippen LogP contribution in [-0.2, 0) is 12.8 Å². The Hall–Kier alpha value is -1.54. The normalized spacial score (nSPS) is 10.8. The molecule has 0 atom stereocenters. The summed E-state index contributed by atoms with van der Waals surface area (Å²) in [4.78, 5) is 3.27. The molecule has 1 aromatic heterocycles. The monoisotopic (exact) mass is 229 g/mol. The van der Waals surface area contributed by atoms with Crippen molar-refractivity contribution in [1.29, 1.82) is 0 Å². The van der Waals surface area contributed by atoms with Crippen molar-refractivity contribution in [2.75, 3.05) is 6.61 Å². The number of hydrogen-bond donors (Lipinski definition) is 2. The van der Waals surface area contributed by atoms with E-state index in [2.05, 4.69) is 43.1 Å². The number of nitrogens with one attached hydrogen (secondary N) is 1. The van der Waals surface area contributed by atoms with Crippen molar-refractivity contribution in [3.63, 3.8) is 0 Å². The van der Waals surface area contributed by atoms with Crippen LogP contribution in [0.3, 0.4) is 0 Å². The van der Waals surface area contributed by atoms with Gasteiger partial charge in [0.25, 0.3) is 0 Å². The van der Waals surface area contributed by atoms with Crippen molar-refractivity contribution in [1.82, 2.24) is 4.98 Å². The molecule has 2 heteroatoms. The van der Waals surface area contributed by atoms with E-state index >= 15 is 0 Å². The number of aromatic nitrogens is 1. The third-order valence-corrected chi connectivity index (χ3v) is 2.99. The molecule has 0 amide bonds. The van der Waals surface area contributed by atoms with Gasteiger partial charge in [-0.05, 0) is 43.9 Å². The Morgan fingerprint density at radius 3 is 2.82 bits per heavy atom. The second-order valence-corrected chi connectivity index (χ2v) is 4.61. The first-order chi connectivity index (χ1) is 8.22. The second-order valence-electron chi connectivity index (χ2n) is 4.61. The largest absolute Gasteiger partial charge is 0.396 e. The summed E-state index contributed by atoms with van der Waals surface area (Å²) < 4.78 is 0. The molecule has 0 unspecified atom stereocenters. The van der Waals surface area contributed by atoms with Gasteiger partial charge >= 0.3 is 0 Å². The van der Waals surface area contributed by atoms with Gasteiger partial charge in [-0.3, -0.25) is 0 Å². The van der Waals surface area contributed by atoms with Crippen molar-refractivity contribution < 1.29 is 5.11 Å². The number of aromatic amines is 1. The Kier molecular flexibility index (Phi) is 3.64. The SMILES string of the molecule is CC(C)=CCc1cccc2[nH]cc(CCO)c12. The molecule has 90 valence electrons. The molecule has 1 heterocycles. The van der Waals surface area contributed by atoms with E-state index in [0.29, 0.717) is 6.42 Å². The van der Waals surface area contributed by atoms with E-state index in [0.717, 1.165) is 11.9 Å². The molecule has 0 spiro atoms. The summed E-state index contributed by atoms with van der Waals surface area (Å²) in [6.45, 7) is 4.43. The van der Waals surface area contributed by atoms with Crippen LogP contribution in [0.2, 0.25) is 0 Å². The van der Waals surface area contributed by atoms with Gasteiger partial charge in [-0.1, -0.05) is 23.8 Å². The van der Waals surface area contributed by atoms with Crippen LogP contribution in [0.15, 0.2) is 36.0 Å². The first kappa shape index (κ1) is 11.9. The zero-order valence-corrected chi connectivity index (χ0v) is 10.5. The van der Waals surface area contributed by atoms with E-state index in [-0.39, 0.29) is 6.61 Å². The molecule has 2 rings (SSSR count). The number of benzene rings is 1. The standard InChI is InChI=1S/C15H19NO/c1-11(2)6-7-12-4-3-5-14-15(12)13(8-9-17)10-16-14/h3-6,10,16-17H,7-9H2,1-2H3. The molecule has 2 nitrogen and oxygen atoms in total. The average Bonchev–Trinajstić information content (AvgIpc) is 2.71. The lowest BCUT2D eigenvalue weighted by atomic mass is 10.0. The number of hydrogen-bond acceptors (Lipinski definition) is 1. The second kappa shape index (κ2) is 5.19. The Labute approximate surface area is 102 Å². The van der Waals surface area contributed by atoms with E-state index in [1.165, 1.54) is 22.1 Å². The van der Waals surface area contributed by atoms with E-state index < -0.39 is 0 Å². The summed E-state index contributed by atoms with van der Waals surface area (Å²) in [5.74, 6) is 0. The van der Waals surface area contributed by atoms with Crippen molar-refractivity contribution in [2.24, 2.45) is 0 Å². The smallest absolute Gasteiger partial charge is 0.0472 e. The van der Waals surface area contributed by atoms with Crippen LogP contribution < -0.4 is 0 Å². The van der Waals surface area contributed by atoms with E-state index in [4.69, 9.17) is 5.11 Å². The maximum Gasteiger partial charge on any atom is 0.0472 e. The number of rotatable bonds is 4. The lowest BCUT2D eigenvalue weighted by Crippen LogP contribution is -1.91. The minimum Gasteiger partial charge on any atom is -0.396 e. The topological polar surface area (TPSA) is 36.0 Å². The predicted molar refractivity (Wildman–Crippen MR) is 72.2 cm³/mol. The molecular formula is C15H19NO. The first-order valence-corrected chi connectivity index (χ1v) is 6.04. The summed E-state index contributed by atoms with van der Waals surface area (Å²) in [6.07, 6.45) is 5.92. The molecule has 1 aromatic carbocycles. The molecule has 0 saturated heterocycles. The first-order valence-electron chi connectivity index (χ1n) is 6.04. The number of aliphatic hydroxyl groups is 1. The maximum atomic E-state index is 9.08. The Balaban J connectivity index is 2.46. The van der Waals surface area contributed by atoms with Gasteiger partial charge in [0.2, 0.25) is 0 Å². The highest BCUT2D eigenvalue weighted by Crippen LogP contribution is 2.24. The fraction of sp³-hybridized carbons (Fsp3) is 0.333. The third-order valence-electron chi connectivity index (χ3n) is 2.99. The average molecular weight is 229 g/mol. The molecule has 2 N–H and O–H groups in total. The molecular weight excluding hydrogens is 210 g/mol. The number of allylic oxidation sites excluding steroid dienone is 2. The Morgan fingerprint density at radius 1 is 1.29 bits per heavy atom. The Morgan fingerprint density at radius 2 is 2.12 bits per heavy atom. The van der Waals surface area contributed by atoms with Crippen molar-refractivity contribution in [3.8, 4) is 0 Å². The molecule has 0 aliphatic carbocycles. The molecule has 0 radical (unpaired) electrons. The van der Waals surface area contributed by atoms with Crippen LogP contribution in [0.1, 0.15) is 25.0 Å². The maximum absolute atomic E-state index is 9.08. The zero-order valence-electron chi connectivity index (χ0n) is 10.5. The van der Waals surface area contributed by atoms with Gasteiger partial charge in [0.05, 0.1) is 0 Å². The highest BCUT2D eigenvalue weighted by atomic mass is 16.2. The minimum atomic E-state index is 0.198. The summed E-state index contributed by atoms with van der Waals surface area (Å²) in [6, 6.07) is 6.33. The summed E-state index contributed by atoms with van der Waals surface area (Å²) in [7, 11) is 0. The number of fused-ring (bicyclic) bond motifs is 1.